The number of nitrogens with one attached hydrogen (secondary N) is 1. The van der Waals surface area contributed by atoms with Crippen LogP contribution in [0.25, 0.3) is 10.9 Å². The van der Waals surface area contributed by atoms with Crippen LogP contribution < -0.4 is 9.47 Å². The van der Waals surface area contributed by atoms with Gasteiger partial charge in [0.15, 0.2) is 11.5 Å². The van der Waals surface area contributed by atoms with Crippen molar-refractivity contribution in [3.8, 4) is 11.5 Å². The molecule has 1 N–H and O–H groups in total. The fourth-order valence-corrected chi connectivity index (χ4v) is 4.07. The van der Waals surface area contributed by atoms with Crippen molar-refractivity contribution in [1.82, 2.24) is 9.88 Å². The van der Waals surface area contributed by atoms with Crippen LogP contribution in [0.2, 0.25) is 0 Å². The van der Waals surface area contributed by atoms with Crippen LogP contribution in [0.3, 0.4) is 0 Å². The molecular weight excluding hydrogens is 355 g/mol. The van der Waals surface area contributed by atoms with Gasteiger partial charge in [0, 0.05) is 23.6 Å². The topological polar surface area (TPSA) is 37.5 Å². The Labute approximate surface area is 165 Å². The zero-order chi connectivity index (χ0) is 19.3. The molecule has 0 bridgehead atoms. The molecule has 1 saturated heterocycles. The highest BCUT2D eigenvalue weighted by atomic mass is 19.1. The van der Waals surface area contributed by atoms with Crippen LogP contribution >= 0.6 is 0 Å². The number of fused-ring (bicyclic) bond motifs is 1. The van der Waals surface area contributed by atoms with Gasteiger partial charge < -0.3 is 14.5 Å². The number of hydrogen-bond donors (Lipinski definition) is 1. The van der Waals surface area contributed by atoms with Gasteiger partial charge in [0.05, 0.1) is 7.11 Å². The molecule has 1 aromatic heterocycles. The average Bonchev–Trinajstić information content (AvgIpc) is 3.11. The van der Waals surface area contributed by atoms with E-state index < -0.39 is 0 Å². The molecule has 0 saturated carbocycles. The second kappa shape index (κ2) is 8.65. The minimum absolute atomic E-state index is 0.168. The Morgan fingerprint density at radius 1 is 1.11 bits per heavy atom. The summed E-state index contributed by atoms with van der Waals surface area (Å²) in [5.41, 5.74) is 2.25. The second-order valence-electron chi connectivity index (χ2n) is 7.49. The first-order valence-corrected chi connectivity index (χ1v) is 9.96. The maximum atomic E-state index is 13.6. The third-order valence-corrected chi connectivity index (χ3v) is 5.68. The van der Waals surface area contributed by atoms with Gasteiger partial charge in [-0.25, -0.2) is 4.39 Å². The lowest BCUT2D eigenvalue weighted by molar-refractivity contribution is 0.153. The van der Waals surface area contributed by atoms with Crippen molar-refractivity contribution in [3.05, 3.63) is 60.0 Å². The van der Waals surface area contributed by atoms with Crippen molar-refractivity contribution in [2.24, 2.45) is 5.92 Å². The van der Waals surface area contributed by atoms with Gasteiger partial charge >= 0.3 is 0 Å². The van der Waals surface area contributed by atoms with Crippen LogP contribution in [0.4, 0.5) is 4.39 Å². The molecular formula is C23H27FN2O2. The van der Waals surface area contributed by atoms with E-state index in [0.29, 0.717) is 12.5 Å². The van der Waals surface area contributed by atoms with Crippen molar-refractivity contribution in [1.29, 1.82) is 0 Å². The summed E-state index contributed by atoms with van der Waals surface area (Å²) >= 11 is 0. The van der Waals surface area contributed by atoms with Crippen LogP contribution in [0.1, 0.15) is 18.4 Å². The Kier molecular flexibility index (Phi) is 5.81. The SMILES string of the molecule is COc1ccccc1OCCN1CCC(Cc2c[nH]c3ccc(F)cc23)CC1. The Hall–Kier alpha value is -2.53. The van der Waals surface area contributed by atoms with Gasteiger partial charge in [-0.15, -0.1) is 0 Å². The van der Waals surface area contributed by atoms with E-state index in [-0.39, 0.29) is 5.82 Å². The number of aromatic nitrogens is 1. The summed E-state index contributed by atoms with van der Waals surface area (Å²) in [6.07, 6.45) is 5.37. The number of nitrogens with zero attached hydrogens (tertiary/aromatic N) is 1. The summed E-state index contributed by atoms with van der Waals surface area (Å²) in [4.78, 5) is 5.72. The van der Waals surface area contributed by atoms with E-state index in [1.807, 2.05) is 36.5 Å². The molecule has 1 aliphatic rings. The molecule has 2 heterocycles. The number of likely N-dealkylation sites (tertiary alicyclic amines) is 1. The molecule has 0 aliphatic carbocycles. The predicted molar refractivity (Wildman–Crippen MR) is 110 cm³/mol. The van der Waals surface area contributed by atoms with Gasteiger partial charge in [-0.3, -0.25) is 4.90 Å². The maximum absolute atomic E-state index is 13.6. The maximum Gasteiger partial charge on any atom is 0.161 e. The van der Waals surface area contributed by atoms with Crippen LogP contribution in [0, 0.1) is 11.7 Å². The van der Waals surface area contributed by atoms with Crippen LogP contribution in [-0.2, 0) is 6.42 Å². The number of piperidine rings is 1. The van der Waals surface area contributed by atoms with Gasteiger partial charge in [0.25, 0.3) is 0 Å². The number of halogens is 1. The molecule has 0 radical (unpaired) electrons. The summed E-state index contributed by atoms with van der Waals surface area (Å²) in [7, 11) is 1.66. The fraction of sp³-hybridized carbons (Fsp3) is 0.391. The number of para-hydroxylation sites is 2. The van der Waals surface area contributed by atoms with E-state index in [2.05, 4.69) is 9.88 Å². The van der Waals surface area contributed by atoms with Crippen molar-refractivity contribution < 1.29 is 13.9 Å². The highest BCUT2D eigenvalue weighted by molar-refractivity contribution is 5.83. The van der Waals surface area contributed by atoms with Gasteiger partial charge in [0.2, 0.25) is 0 Å². The van der Waals surface area contributed by atoms with Crippen molar-refractivity contribution >= 4 is 10.9 Å². The third-order valence-electron chi connectivity index (χ3n) is 5.68. The van der Waals surface area contributed by atoms with Gasteiger partial charge in [0.1, 0.15) is 12.4 Å². The van der Waals surface area contributed by atoms with Crippen LogP contribution in [0.15, 0.2) is 48.7 Å². The van der Waals surface area contributed by atoms with Crippen LogP contribution in [0.5, 0.6) is 11.5 Å². The highest BCUT2D eigenvalue weighted by Crippen LogP contribution is 2.28. The molecule has 0 unspecified atom stereocenters. The first-order chi connectivity index (χ1) is 13.7. The van der Waals surface area contributed by atoms with E-state index in [4.69, 9.17) is 9.47 Å². The first-order valence-electron chi connectivity index (χ1n) is 9.96. The lowest BCUT2D eigenvalue weighted by atomic mass is 9.90. The largest absolute Gasteiger partial charge is 0.493 e. The number of ether oxygens (including phenoxy) is 2. The summed E-state index contributed by atoms with van der Waals surface area (Å²) < 4.78 is 24.8. The minimum Gasteiger partial charge on any atom is -0.493 e. The summed E-state index contributed by atoms with van der Waals surface area (Å²) in [5.74, 6) is 2.05. The molecule has 28 heavy (non-hydrogen) atoms. The van der Waals surface area contributed by atoms with Crippen LogP contribution in [-0.4, -0.2) is 43.2 Å². The van der Waals surface area contributed by atoms with Crippen molar-refractivity contribution in [3.63, 3.8) is 0 Å². The molecule has 2 aromatic carbocycles. The van der Waals surface area contributed by atoms with Gasteiger partial charge in [-0.05, 0) is 74.2 Å². The number of H-pyrrole nitrogens is 1. The fourth-order valence-electron chi connectivity index (χ4n) is 4.07. The van der Waals surface area contributed by atoms with E-state index in [1.165, 1.54) is 11.6 Å². The molecule has 148 valence electrons. The van der Waals surface area contributed by atoms with E-state index in [1.54, 1.807) is 13.2 Å². The average molecular weight is 382 g/mol. The zero-order valence-electron chi connectivity index (χ0n) is 16.3. The molecule has 0 spiro atoms. The Morgan fingerprint density at radius 3 is 2.68 bits per heavy atom. The Balaban J connectivity index is 1.25. The lowest BCUT2D eigenvalue weighted by Gasteiger charge is -2.31. The lowest BCUT2D eigenvalue weighted by Crippen LogP contribution is -2.37. The van der Waals surface area contributed by atoms with Crippen molar-refractivity contribution in [2.75, 3.05) is 33.4 Å². The van der Waals surface area contributed by atoms with E-state index >= 15 is 0 Å². The smallest absolute Gasteiger partial charge is 0.161 e. The Bertz CT molecular complexity index is 916. The molecule has 4 nitrogen and oxygen atoms in total. The molecule has 4 rings (SSSR count). The van der Waals surface area contributed by atoms with Crippen molar-refractivity contribution in [2.45, 2.75) is 19.3 Å². The molecule has 5 heteroatoms. The highest BCUT2D eigenvalue weighted by Gasteiger charge is 2.20. The summed E-state index contributed by atoms with van der Waals surface area (Å²) in [6.45, 7) is 3.74. The number of methoxy groups -OCH3 is 1. The van der Waals surface area contributed by atoms with Gasteiger partial charge in [-0.2, -0.15) is 0 Å². The predicted octanol–water partition coefficient (Wildman–Crippen LogP) is 4.65. The molecule has 0 atom stereocenters. The third kappa shape index (κ3) is 4.30. The number of rotatable bonds is 7. The van der Waals surface area contributed by atoms with Gasteiger partial charge in [-0.1, -0.05) is 12.1 Å². The van der Waals surface area contributed by atoms with E-state index in [0.717, 1.165) is 61.3 Å². The molecule has 0 amide bonds. The quantitative estimate of drug-likeness (QED) is 0.646. The molecule has 1 fully saturated rings. The first kappa shape index (κ1) is 18.8. The number of aromatic amines is 1. The number of hydrogen-bond acceptors (Lipinski definition) is 3. The molecule has 3 aromatic rings. The zero-order valence-corrected chi connectivity index (χ0v) is 16.3. The normalized spacial score (nSPS) is 15.8. The summed E-state index contributed by atoms with van der Waals surface area (Å²) in [6, 6.07) is 12.7. The minimum atomic E-state index is -0.168. The number of benzene rings is 2. The Morgan fingerprint density at radius 2 is 1.89 bits per heavy atom. The van der Waals surface area contributed by atoms with E-state index in [9.17, 15) is 4.39 Å². The molecule has 1 aliphatic heterocycles. The monoisotopic (exact) mass is 382 g/mol. The standard InChI is InChI=1S/C23H27FN2O2/c1-27-22-4-2-3-5-23(22)28-13-12-26-10-8-17(9-11-26)14-18-16-25-21-7-6-19(24)15-20(18)21/h2-7,15-17,25H,8-14H2,1H3. The summed E-state index contributed by atoms with van der Waals surface area (Å²) in [5, 5.41) is 1.02. The second-order valence-corrected chi connectivity index (χ2v) is 7.49.